The Hall–Kier alpha value is -2.03. The van der Waals surface area contributed by atoms with E-state index in [1.807, 2.05) is 11.8 Å². The SMILES string of the molecule is [c]1sc2cccc(SCc3ccccc3)c2c1-c1ccccc1. The third kappa shape index (κ3) is 3.05. The molecule has 0 nitrogen and oxygen atoms in total. The predicted molar refractivity (Wildman–Crippen MR) is 102 cm³/mol. The van der Waals surface area contributed by atoms with Gasteiger partial charge in [0.15, 0.2) is 0 Å². The van der Waals surface area contributed by atoms with Crippen LogP contribution in [0.4, 0.5) is 0 Å². The summed E-state index contributed by atoms with van der Waals surface area (Å²) >= 11 is 3.61. The van der Waals surface area contributed by atoms with E-state index in [9.17, 15) is 0 Å². The molecule has 3 aromatic carbocycles. The molecule has 0 amide bonds. The van der Waals surface area contributed by atoms with Gasteiger partial charge in [0.2, 0.25) is 0 Å². The van der Waals surface area contributed by atoms with Gasteiger partial charge >= 0.3 is 0 Å². The summed E-state index contributed by atoms with van der Waals surface area (Å²) < 4.78 is 1.31. The van der Waals surface area contributed by atoms with Crippen molar-refractivity contribution in [2.24, 2.45) is 0 Å². The Morgan fingerprint density at radius 1 is 0.783 bits per heavy atom. The molecule has 111 valence electrons. The number of hydrogen-bond acceptors (Lipinski definition) is 2. The van der Waals surface area contributed by atoms with Gasteiger partial charge in [0.25, 0.3) is 0 Å². The molecule has 0 spiro atoms. The molecule has 4 aromatic rings. The third-order valence-corrected chi connectivity index (χ3v) is 5.80. The molecule has 0 aliphatic carbocycles. The molecule has 0 atom stereocenters. The summed E-state index contributed by atoms with van der Waals surface area (Å²) in [5, 5.41) is 4.83. The number of thiophene rings is 1. The van der Waals surface area contributed by atoms with Crippen LogP contribution < -0.4 is 0 Å². The topological polar surface area (TPSA) is 0 Å². The van der Waals surface area contributed by atoms with Gasteiger partial charge in [-0.05, 0) is 23.3 Å². The van der Waals surface area contributed by atoms with Crippen LogP contribution in [0.5, 0.6) is 0 Å². The number of rotatable bonds is 4. The minimum Gasteiger partial charge on any atom is -0.134 e. The van der Waals surface area contributed by atoms with Crippen LogP contribution in [0, 0.1) is 5.38 Å². The van der Waals surface area contributed by atoms with Gasteiger partial charge in [0, 0.05) is 26.3 Å². The van der Waals surface area contributed by atoms with Crippen LogP contribution in [-0.2, 0) is 5.75 Å². The van der Waals surface area contributed by atoms with Crippen molar-refractivity contribution in [2.75, 3.05) is 0 Å². The zero-order valence-corrected chi connectivity index (χ0v) is 14.2. The van der Waals surface area contributed by atoms with Crippen LogP contribution >= 0.6 is 23.1 Å². The van der Waals surface area contributed by atoms with Gasteiger partial charge < -0.3 is 0 Å². The van der Waals surface area contributed by atoms with Crippen LogP contribution in [0.15, 0.2) is 83.8 Å². The summed E-state index contributed by atoms with van der Waals surface area (Å²) in [5.74, 6) is 0.990. The second-order valence-corrected chi connectivity index (χ2v) is 7.21. The smallest absolute Gasteiger partial charge is 0.0540 e. The van der Waals surface area contributed by atoms with Gasteiger partial charge in [-0.15, -0.1) is 23.1 Å². The first-order chi connectivity index (χ1) is 11.4. The Labute approximate surface area is 144 Å². The van der Waals surface area contributed by atoms with Gasteiger partial charge in [-0.3, -0.25) is 0 Å². The fourth-order valence-corrected chi connectivity index (χ4v) is 4.67. The first-order valence-electron chi connectivity index (χ1n) is 7.57. The number of hydrogen-bond donors (Lipinski definition) is 0. The van der Waals surface area contributed by atoms with Crippen molar-refractivity contribution in [1.82, 2.24) is 0 Å². The molecule has 23 heavy (non-hydrogen) atoms. The highest BCUT2D eigenvalue weighted by atomic mass is 32.2. The lowest BCUT2D eigenvalue weighted by atomic mass is 10.1. The molecular formula is C21H15S2. The highest BCUT2D eigenvalue weighted by Gasteiger charge is 2.11. The predicted octanol–water partition coefficient (Wildman–Crippen LogP) is 6.66. The number of benzene rings is 3. The number of fused-ring (bicyclic) bond motifs is 1. The molecule has 0 unspecified atom stereocenters. The first-order valence-corrected chi connectivity index (χ1v) is 9.37. The Balaban J connectivity index is 1.73. The second kappa shape index (κ2) is 6.61. The number of thioether (sulfide) groups is 1. The molecule has 1 heterocycles. The van der Waals surface area contributed by atoms with E-state index in [1.54, 1.807) is 11.3 Å². The van der Waals surface area contributed by atoms with Gasteiger partial charge in [-0.1, -0.05) is 66.7 Å². The minimum absolute atomic E-state index is 0.990. The molecule has 2 heteroatoms. The lowest BCUT2D eigenvalue weighted by Crippen LogP contribution is -1.82. The molecule has 0 saturated carbocycles. The summed E-state index contributed by atoms with van der Waals surface area (Å²) in [5.41, 5.74) is 3.82. The van der Waals surface area contributed by atoms with Crippen molar-refractivity contribution in [3.05, 3.63) is 89.8 Å². The summed E-state index contributed by atoms with van der Waals surface area (Å²) in [6.45, 7) is 0. The summed E-state index contributed by atoms with van der Waals surface area (Å²) in [4.78, 5) is 1.34. The zero-order chi connectivity index (χ0) is 15.5. The van der Waals surface area contributed by atoms with Gasteiger partial charge in [0.1, 0.15) is 0 Å². The Bertz CT molecular complexity index is 908. The average Bonchev–Trinajstić information content (AvgIpc) is 3.06. The molecule has 1 radical (unpaired) electrons. The molecule has 0 aliphatic rings. The van der Waals surface area contributed by atoms with Crippen LogP contribution in [0.3, 0.4) is 0 Å². The zero-order valence-electron chi connectivity index (χ0n) is 12.5. The molecular weight excluding hydrogens is 316 g/mol. The quantitative estimate of drug-likeness (QED) is 0.377. The van der Waals surface area contributed by atoms with E-state index in [0.29, 0.717) is 0 Å². The summed E-state index contributed by atoms with van der Waals surface area (Å²) in [6.07, 6.45) is 0. The Kier molecular flexibility index (Phi) is 4.18. The van der Waals surface area contributed by atoms with Crippen molar-refractivity contribution >= 4 is 33.2 Å². The van der Waals surface area contributed by atoms with Gasteiger partial charge in [-0.2, -0.15) is 0 Å². The van der Waals surface area contributed by atoms with E-state index in [0.717, 1.165) is 5.75 Å². The van der Waals surface area contributed by atoms with Crippen LogP contribution in [0.1, 0.15) is 5.56 Å². The fourth-order valence-electron chi connectivity index (χ4n) is 2.66. The molecule has 1 aromatic heterocycles. The van der Waals surface area contributed by atoms with E-state index >= 15 is 0 Å². The molecule has 0 saturated heterocycles. The molecule has 0 aliphatic heterocycles. The van der Waals surface area contributed by atoms with Crippen molar-refractivity contribution in [3.63, 3.8) is 0 Å². The van der Waals surface area contributed by atoms with E-state index in [1.165, 1.54) is 31.7 Å². The summed E-state index contributed by atoms with van der Waals surface area (Å²) in [6, 6.07) is 27.8. The average molecular weight is 331 g/mol. The van der Waals surface area contributed by atoms with E-state index in [2.05, 4.69) is 84.2 Å². The van der Waals surface area contributed by atoms with E-state index < -0.39 is 0 Å². The van der Waals surface area contributed by atoms with E-state index in [-0.39, 0.29) is 0 Å². The summed E-state index contributed by atoms with van der Waals surface area (Å²) in [7, 11) is 0. The van der Waals surface area contributed by atoms with Crippen molar-refractivity contribution in [1.29, 1.82) is 0 Å². The minimum atomic E-state index is 0.990. The molecule has 0 bridgehead atoms. The first kappa shape index (κ1) is 14.6. The van der Waals surface area contributed by atoms with Crippen LogP contribution in [-0.4, -0.2) is 0 Å². The van der Waals surface area contributed by atoms with Crippen LogP contribution in [0.2, 0.25) is 0 Å². The lowest BCUT2D eigenvalue weighted by Gasteiger charge is -2.07. The Morgan fingerprint density at radius 3 is 2.30 bits per heavy atom. The standard InChI is InChI=1S/C21H15S2/c1-3-8-16(9-4-1)14-22-19-12-7-13-20-21(19)18(15-23-20)17-10-5-2-6-11-17/h1-13H,14H2. The maximum absolute atomic E-state index is 3.50. The maximum Gasteiger partial charge on any atom is 0.0540 e. The highest BCUT2D eigenvalue weighted by molar-refractivity contribution is 7.98. The van der Waals surface area contributed by atoms with Gasteiger partial charge in [0.05, 0.1) is 5.38 Å². The lowest BCUT2D eigenvalue weighted by molar-refractivity contribution is 1.40. The van der Waals surface area contributed by atoms with Crippen molar-refractivity contribution < 1.29 is 0 Å². The van der Waals surface area contributed by atoms with E-state index in [4.69, 9.17) is 0 Å². The monoisotopic (exact) mass is 331 g/mol. The second-order valence-electron chi connectivity index (χ2n) is 5.35. The molecule has 0 fully saturated rings. The van der Waals surface area contributed by atoms with Crippen molar-refractivity contribution in [2.45, 2.75) is 10.6 Å². The largest absolute Gasteiger partial charge is 0.134 e. The maximum atomic E-state index is 3.50. The van der Waals surface area contributed by atoms with Crippen molar-refractivity contribution in [3.8, 4) is 11.1 Å². The fraction of sp³-hybridized carbons (Fsp3) is 0.0476. The molecule has 4 rings (SSSR count). The Morgan fingerprint density at radius 2 is 1.52 bits per heavy atom. The third-order valence-electron chi connectivity index (χ3n) is 3.80. The van der Waals surface area contributed by atoms with Crippen LogP contribution in [0.25, 0.3) is 21.2 Å². The van der Waals surface area contributed by atoms with Gasteiger partial charge in [-0.25, -0.2) is 0 Å². The molecule has 0 N–H and O–H groups in total. The highest BCUT2D eigenvalue weighted by Crippen LogP contribution is 2.40. The normalized spacial score (nSPS) is 11.0.